The number of thiophene rings is 1. The van der Waals surface area contributed by atoms with Crippen molar-refractivity contribution >= 4 is 11.3 Å². The Labute approximate surface area is 88.6 Å². The van der Waals surface area contributed by atoms with Gasteiger partial charge in [-0.05, 0) is 23.9 Å². The molecule has 14 heavy (non-hydrogen) atoms. The third kappa shape index (κ3) is 2.54. The highest BCUT2D eigenvalue weighted by Gasteiger charge is 2.09. The van der Waals surface area contributed by atoms with Gasteiger partial charge in [0.15, 0.2) is 0 Å². The SMILES string of the molecule is Cc1ccsc1CNN1CCOCC1. The molecule has 2 rings (SSSR count). The lowest BCUT2D eigenvalue weighted by atomic mass is 10.3. The second kappa shape index (κ2) is 4.89. The van der Waals surface area contributed by atoms with Crippen LogP contribution >= 0.6 is 11.3 Å². The van der Waals surface area contributed by atoms with Crippen LogP contribution in [0.3, 0.4) is 0 Å². The van der Waals surface area contributed by atoms with Crippen molar-refractivity contribution < 1.29 is 4.74 Å². The van der Waals surface area contributed by atoms with Gasteiger partial charge in [0.2, 0.25) is 0 Å². The Kier molecular flexibility index (Phi) is 3.53. The van der Waals surface area contributed by atoms with E-state index in [1.54, 1.807) is 0 Å². The van der Waals surface area contributed by atoms with Crippen LogP contribution in [0.5, 0.6) is 0 Å². The third-order valence-electron chi connectivity index (χ3n) is 2.44. The molecule has 0 aliphatic carbocycles. The molecule has 1 aliphatic heterocycles. The van der Waals surface area contributed by atoms with Crippen LogP contribution in [0, 0.1) is 6.92 Å². The van der Waals surface area contributed by atoms with Gasteiger partial charge in [-0.15, -0.1) is 11.3 Å². The fraction of sp³-hybridized carbons (Fsp3) is 0.600. The smallest absolute Gasteiger partial charge is 0.0608 e. The summed E-state index contributed by atoms with van der Waals surface area (Å²) in [6.07, 6.45) is 0. The second-order valence-electron chi connectivity index (χ2n) is 3.46. The number of aryl methyl sites for hydroxylation is 1. The maximum absolute atomic E-state index is 5.28. The van der Waals surface area contributed by atoms with Crippen molar-refractivity contribution in [3.63, 3.8) is 0 Å². The third-order valence-corrected chi connectivity index (χ3v) is 3.47. The highest BCUT2D eigenvalue weighted by atomic mass is 32.1. The predicted octanol–water partition coefficient (Wildman–Crippen LogP) is 1.39. The molecule has 78 valence electrons. The average molecular weight is 212 g/mol. The van der Waals surface area contributed by atoms with Gasteiger partial charge in [-0.25, -0.2) is 10.4 Å². The zero-order valence-corrected chi connectivity index (χ0v) is 9.27. The van der Waals surface area contributed by atoms with Crippen LogP contribution in [0.25, 0.3) is 0 Å². The Morgan fingerprint density at radius 1 is 1.50 bits per heavy atom. The molecule has 0 bridgehead atoms. The molecule has 3 nitrogen and oxygen atoms in total. The molecule has 0 amide bonds. The number of morpholine rings is 1. The van der Waals surface area contributed by atoms with E-state index in [1.807, 2.05) is 11.3 Å². The summed E-state index contributed by atoms with van der Waals surface area (Å²) < 4.78 is 5.28. The van der Waals surface area contributed by atoms with Crippen molar-refractivity contribution in [1.82, 2.24) is 10.4 Å². The zero-order chi connectivity index (χ0) is 9.80. The summed E-state index contributed by atoms with van der Waals surface area (Å²) in [7, 11) is 0. The topological polar surface area (TPSA) is 24.5 Å². The molecule has 1 saturated heterocycles. The van der Waals surface area contributed by atoms with Crippen molar-refractivity contribution in [1.29, 1.82) is 0 Å². The molecule has 0 atom stereocenters. The van der Waals surface area contributed by atoms with Crippen molar-refractivity contribution in [3.8, 4) is 0 Å². The monoisotopic (exact) mass is 212 g/mol. The number of hydrogen-bond donors (Lipinski definition) is 1. The van der Waals surface area contributed by atoms with Gasteiger partial charge in [-0.2, -0.15) is 0 Å². The molecule has 4 heteroatoms. The summed E-state index contributed by atoms with van der Waals surface area (Å²) >= 11 is 1.82. The summed E-state index contributed by atoms with van der Waals surface area (Å²) in [6, 6.07) is 2.17. The van der Waals surface area contributed by atoms with Crippen molar-refractivity contribution in [2.45, 2.75) is 13.5 Å². The van der Waals surface area contributed by atoms with E-state index in [4.69, 9.17) is 4.74 Å². The molecular formula is C10H16N2OS. The summed E-state index contributed by atoms with van der Waals surface area (Å²) in [6.45, 7) is 6.78. The molecule has 1 fully saturated rings. The lowest BCUT2D eigenvalue weighted by Crippen LogP contribution is -2.45. The quantitative estimate of drug-likeness (QED) is 0.819. The number of rotatable bonds is 3. The van der Waals surface area contributed by atoms with Gasteiger partial charge in [0.1, 0.15) is 0 Å². The first kappa shape index (κ1) is 10.1. The van der Waals surface area contributed by atoms with Crippen LogP contribution < -0.4 is 5.43 Å². The Bertz CT molecular complexity index is 281. The standard InChI is InChI=1S/C10H16N2OS/c1-9-2-7-14-10(9)8-11-12-3-5-13-6-4-12/h2,7,11H,3-6,8H2,1H3. The van der Waals surface area contributed by atoms with E-state index in [2.05, 4.69) is 28.8 Å². The van der Waals surface area contributed by atoms with E-state index in [0.717, 1.165) is 32.8 Å². The van der Waals surface area contributed by atoms with E-state index in [9.17, 15) is 0 Å². The lowest BCUT2D eigenvalue weighted by Gasteiger charge is -2.27. The lowest BCUT2D eigenvalue weighted by molar-refractivity contribution is 0.0107. The number of hydrazine groups is 1. The Morgan fingerprint density at radius 2 is 2.29 bits per heavy atom. The fourth-order valence-electron chi connectivity index (χ4n) is 1.49. The molecule has 1 aliphatic rings. The number of nitrogens with one attached hydrogen (secondary N) is 1. The number of hydrogen-bond acceptors (Lipinski definition) is 4. The minimum Gasteiger partial charge on any atom is -0.379 e. The predicted molar refractivity (Wildman–Crippen MR) is 58.3 cm³/mol. The number of nitrogens with zero attached hydrogens (tertiary/aromatic N) is 1. The molecule has 1 aromatic rings. The first-order valence-electron chi connectivity index (χ1n) is 4.95. The maximum Gasteiger partial charge on any atom is 0.0608 e. The summed E-state index contributed by atoms with van der Waals surface area (Å²) in [5.41, 5.74) is 4.81. The van der Waals surface area contributed by atoms with Gasteiger partial charge in [0, 0.05) is 24.5 Å². The van der Waals surface area contributed by atoms with Crippen LogP contribution in [0.15, 0.2) is 11.4 Å². The van der Waals surface area contributed by atoms with Gasteiger partial charge < -0.3 is 4.74 Å². The van der Waals surface area contributed by atoms with Gasteiger partial charge in [0.05, 0.1) is 13.2 Å². The summed E-state index contributed by atoms with van der Waals surface area (Å²) in [5, 5.41) is 4.38. The van der Waals surface area contributed by atoms with Crippen LogP contribution in [0.2, 0.25) is 0 Å². The van der Waals surface area contributed by atoms with Crippen LogP contribution in [-0.4, -0.2) is 31.3 Å². The zero-order valence-electron chi connectivity index (χ0n) is 8.45. The van der Waals surface area contributed by atoms with Crippen LogP contribution in [-0.2, 0) is 11.3 Å². The minimum atomic E-state index is 0.844. The first-order valence-corrected chi connectivity index (χ1v) is 5.83. The van der Waals surface area contributed by atoms with Crippen LogP contribution in [0.1, 0.15) is 10.4 Å². The Hall–Kier alpha value is -0.420. The fourth-order valence-corrected chi connectivity index (χ4v) is 2.33. The molecule has 2 heterocycles. The maximum atomic E-state index is 5.28. The summed E-state index contributed by atoms with van der Waals surface area (Å²) in [5.74, 6) is 0. The molecular weight excluding hydrogens is 196 g/mol. The van der Waals surface area contributed by atoms with Crippen molar-refractivity contribution in [3.05, 3.63) is 21.9 Å². The van der Waals surface area contributed by atoms with Crippen LogP contribution in [0.4, 0.5) is 0 Å². The van der Waals surface area contributed by atoms with E-state index in [0.29, 0.717) is 0 Å². The molecule has 0 aromatic carbocycles. The average Bonchev–Trinajstić information content (AvgIpc) is 2.63. The first-order chi connectivity index (χ1) is 6.86. The molecule has 1 N–H and O–H groups in total. The minimum absolute atomic E-state index is 0.844. The van der Waals surface area contributed by atoms with Gasteiger partial charge in [-0.3, -0.25) is 0 Å². The van der Waals surface area contributed by atoms with E-state index < -0.39 is 0 Å². The molecule has 0 saturated carbocycles. The number of ether oxygens (including phenoxy) is 1. The molecule has 1 aromatic heterocycles. The van der Waals surface area contributed by atoms with Gasteiger partial charge in [-0.1, -0.05) is 0 Å². The highest BCUT2D eigenvalue weighted by Crippen LogP contribution is 2.14. The Balaban J connectivity index is 1.79. The largest absolute Gasteiger partial charge is 0.379 e. The van der Waals surface area contributed by atoms with Crippen molar-refractivity contribution in [2.24, 2.45) is 0 Å². The van der Waals surface area contributed by atoms with Gasteiger partial charge in [0.25, 0.3) is 0 Å². The highest BCUT2D eigenvalue weighted by molar-refractivity contribution is 7.10. The van der Waals surface area contributed by atoms with E-state index >= 15 is 0 Å². The van der Waals surface area contributed by atoms with E-state index in [1.165, 1.54) is 10.4 Å². The normalized spacial score (nSPS) is 18.6. The van der Waals surface area contributed by atoms with Crippen molar-refractivity contribution in [2.75, 3.05) is 26.3 Å². The molecule has 0 spiro atoms. The molecule has 0 radical (unpaired) electrons. The van der Waals surface area contributed by atoms with Gasteiger partial charge >= 0.3 is 0 Å². The molecule has 0 unspecified atom stereocenters. The van der Waals surface area contributed by atoms with E-state index in [-0.39, 0.29) is 0 Å². The summed E-state index contributed by atoms with van der Waals surface area (Å²) in [4.78, 5) is 1.43. The Morgan fingerprint density at radius 3 is 2.93 bits per heavy atom. The second-order valence-corrected chi connectivity index (χ2v) is 4.46.